The van der Waals surface area contributed by atoms with Crippen LogP contribution in [0.2, 0.25) is 0 Å². The van der Waals surface area contributed by atoms with Crippen molar-refractivity contribution in [3.05, 3.63) is 23.9 Å². The zero-order valence-corrected chi connectivity index (χ0v) is 9.90. The van der Waals surface area contributed by atoms with E-state index in [1.807, 2.05) is 6.07 Å². The highest BCUT2D eigenvalue weighted by Gasteiger charge is 2.21. The molecule has 5 nitrogen and oxygen atoms in total. The minimum absolute atomic E-state index is 0.118. The van der Waals surface area contributed by atoms with Crippen molar-refractivity contribution < 1.29 is 9.53 Å². The lowest BCUT2D eigenvalue weighted by Gasteiger charge is -2.07. The zero-order chi connectivity index (χ0) is 12.1. The molecule has 0 aromatic carbocycles. The average molecular weight is 235 g/mol. The first kappa shape index (κ1) is 11.7. The van der Waals surface area contributed by atoms with Crippen molar-refractivity contribution in [3.8, 4) is 5.88 Å². The van der Waals surface area contributed by atoms with Gasteiger partial charge in [0.25, 0.3) is 0 Å². The number of amides is 2. The van der Waals surface area contributed by atoms with Crippen molar-refractivity contribution in [2.75, 3.05) is 13.7 Å². The molecule has 17 heavy (non-hydrogen) atoms. The third-order valence-electron chi connectivity index (χ3n) is 2.71. The van der Waals surface area contributed by atoms with Gasteiger partial charge in [-0.05, 0) is 30.4 Å². The molecule has 0 atom stereocenters. The summed E-state index contributed by atoms with van der Waals surface area (Å²) in [5, 5.41) is 5.65. The van der Waals surface area contributed by atoms with Crippen molar-refractivity contribution in [1.82, 2.24) is 15.6 Å². The minimum atomic E-state index is -0.118. The standard InChI is InChI=1S/C12H17N3O2/c1-17-11-6-10(4-5-13-11)8-15-12(16)14-7-9-2-3-9/h4-6,9H,2-3,7-8H2,1H3,(H2,14,15,16). The second-order valence-electron chi connectivity index (χ2n) is 4.21. The molecule has 1 aliphatic rings. The third kappa shape index (κ3) is 3.94. The van der Waals surface area contributed by atoms with Crippen molar-refractivity contribution in [2.45, 2.75) is 19.4 Å². The van der Waals surface area contributed by atoms with Gasteiger partial charge in [0, 0.05) is 25.4 Å². The fourth-order valence-corrected chi connectivity index (χ4v) is 1.48. The van der Waals surface area contributed by atoms with E-state index in [2.05, 4.69) is 15.6 Å². The van der Waals surface area contributed by atoms with E-state index in [0.717, 1.165) is 12.1 Å². The molecule has 2 N–H and O–H groups in total. The van der Waals surface area contributed by atoms with Gasteiger partial charge in [0.2, 0.25) is 5.88 Å². The number of ether oxygens (including phenoxy) is 1. The summed E-state index contributed by atoms with van der Waals surface area (Å²) in [7, 11) is 1.57. The number of hydrogen-bond donors (Lipinski definition) is 2. The quantitative estimate of drug-likeness (QED) is 0.808. The van der Waals surface area contributed by atoms with E-state index < -0.39 is 0 Å². The van der Waals surface area contributed by atoms with Crippen LogP contribution in [-0.4, -0.2) is 24.7 Å². The van der Waals surface area contributed by atoms with Gasteiger partial charge >= 0.3 is 6.03 Å². The maximum Gasteiger partial charge on any atom is 0.315 e. The summed E-state index contributed by atoms with van der Waals surface area (Å²) in [6, 6.07) is 3.54. The molecule has 5 heteroatoms. The summed E-state index contributed by atoms with van der Waals surface area (Å²) in [5.41, 5.74) is 0.971. The number of rotatable bonds is 5. The van der Waals surface area contributed by atoms with Crippen LogP contribution in [0.3, 0.4) is 0 Å². The lowest BCUT2D eigenvalue weighted by atomic mass is 10.2. The summed E-state index contributed by atoms with van der Waals surface area (Å²) in [6.07, 6.45) is 4.14. The Morgan fingerprint density at radius 3 is 3.06 bits per heavy atom. The van der Waals surface area contributed by atoms with E-state index >= 15 is 0 Å². The maximum absolute atomic E-state index is 11.4. The predicted octanol–water partition coefficient (Wildman–Crippen LogP) is 1.30. The molecule has 1 saturated carbocycles. The summed E-state index contributed by atoms with van der Waals surface area (Å²) in [6.45, 7) is 1.26. The summed E-state index contributed by atoms with van der Waals surface area (Å²) < 4.78 is 5.01. The molecule has 1 aromatic rings. The van der Waals surface area contributed by atoms with Gasteiger partial charge in [-0.1, -0.05) is 0 Å². The Morgan fingerprint density at radius 1 is 1.53 bits per heavy atom. The van der Waals surface area contributed by atoms with Crippen molar-refractivity contribution in [2.24, 2.45) is 5.92 Å². The second-order valence-corrected chi connectivity index (χ2v) is 4.21. The number of nitrogens with zero attached hydrogens (tertiary/aromatic N) is 1. The molecule has 0 unspecified atom stereocenters. The van der Waals surface area contributed by atoms with Gasteiger partial charge in [-0.2, -0.15) is 0 Å². The number of aromatic nitrogens is 1. The molecule has 1 aliphatic carbocycles. The minimum Gasteiger partial charge on any atom is -0.481 e. The van der Waals surface area contributed by atoms with E-state index in [1.54, 1.807) is 19.4 Å². The Hall–Kier alpha value is -1.78. The van der Waals surface area contributed by atoms with E-state index in [-0.39, 0.29) is 6.03 Å². The van der Waals surface area contributed by atoms with Crippen molar-refractivity contribution >= 4 is 6.03 Å². The van der Waals surface area contributed by atoms with Gasteiger partial charge < -0.3 is 15.4 Å². The molecule has 0 saturated heterocycles. The van der Waals surface area contributed by atoms with Gasteiger partial charge in [-0.3, -0.25) is 0 Å². The normalized spacial score (nSPS) is 14.2. The summed E-state index contributed by atoms with van der Waals surface area (Å²) >= 11 is 0. The molecule has 0 radical (unpaired) electrons. The predicted molar refractivity (Wildman–Crippen MR) is 63.8 cm³/mol. The summed E-state index contributed by atoms with van der Waals surface area (Å²) in [4.78, 5) is 15.4. The maximum atomic E-state index is 11.4. The first-order chi connectivity index (χ1) is 8.28. The van der Waals surface area contributed by atoms with Crippen LogP contribution < -0.4 is 15.4 Å². The van der Waals surface area contributed by atoms with Crippen LogP contribution in [0.4, 0.5) is 4.79 Å². The van der Waals surface area contributed by atoms with Crippen LogP contribution in [0, 0.1) is 5.92 Å². The number of methoxy groups -OCH3 is 1. The topological polar surface area (TPSA) is 63.2 Å². The van der Waals surface area contributed by atoms with Crippen LogP contribution in [0.15, 0.2) is 18.3 Å². The van der Waals surface area contributed by atoms with Crippen LogP contribution in [0.1, 0.15) is 18.4 Å². The molecule has 0 aliphatic heterocycles. The molecular weight excluding hydrogens is 218 g/mol. The number of urea groups is 1. The van der Waals surface area contributed by atoms with Crippen LogP contribution in [0.25, 0.3) is 0 Å². The summed E-state index contributed by atoms with van der Waals surface area (Å²) in [5.74, 6) is 1.25. The second kappa shape index (κ2) is 5.52. The van der Waals surface area contributed by atoms with E-state index in [0.29, 0.717) is 18.3 Å². The van der Waals surface area contributed by atoms with Gasteiger partial charge in [-0.25, -0.2) is 9.78 Å². The Kier molecular flexibility index (Phi) is 3.80. The van der Waals surface area contributed by atoms with Crippen LogP contribution in [0.5, 0.6) is 5.88 Å². The number of hydrogen-bond acceptors (Lipinski definition) is 3. The fraction of sp³-hybridized carbons (Fsp3) is 0.500. The van der Waals surface area contributed by atoms with Crippen molar-refractivity contribution in [3.63, 3.8) is 0 Å². The van der Waals surface area contributed by atoms with Crippen LogP contribution >= 0.6 is 0 Å². The van der Waals surface area contributed by atoms with Gasteiger partial charge in [0.15, 0.2) is 0 Å². The molecule has 0 spiro atoms. The molecule has 2 amide bonds. The lowest BCUT2D eigenvalue weighted by molar-refractivity contribution is 0.240. The first-order valence-electron chi connectivity index (χ1n) is 5.78. The highest BCUT2D eigenvalue weighted by atomic mass is 16.5. The fourth-order valence-electron chi connectivity index (χ4n) is 1.48. The monoisotopic (exact) mass is 235 g/mol. The number of carbonyl (C=O) groups excluding carboxylic acids is 1. The Morgan fingerprint density at radius 2 is 2.35 bits per heavy atom. The van der Waals surface area contributed by atoms with Gasteiger partial charge in [0.05, 0.1) is 7.11 Å². The number of nitrogens with one attached hydrogen (secondary N) is 2. The number of carbonyl (C=O) groups is 1. The average Bonchev–Trinajstić information content (AvgIpc) is 3.18. The Labute approximate surface area is 101 Å². The lowest BCUT2D eigenvalue weighted by Crippen LogP contribution is -2.36. The van der Waals surface area contributed by atoms with Crippen LogP contribution in [-0.2, 0) is 6.54 Å². The third-order valence-corrected chi connectivity index (χ3v) is 2.71. The largest absolute Gasteiger partial charge is 0.481 e. The SMILES string of the molecule is COc1cc(CNC(=O)NCC2CC2)ccn1. The van der Waals surface area contributed by atoms with Crippen molar-refractivity contribution in [1.29, 1.82) is 0 Å². The molecule has 1 aromatic heterocycles. The molecule has 0 bridgehead atoms. The molecule has 92 valence electrons. The molecule has 1 fully saturated rings. The van der Waals surface area contributed by atoms with E-state index in [9.17, 15) is 4.79 Å². The molecule has 1 heterocycles. The van der Waals surface area contributed by atoms with E-state index in [1.165, 1.54) is 12.8 Å². The molecular formula is C12H17N3O2. The molecule has 2 rings (SSSR count). The smallest absolute Gasteiger partial charge is 0.315 e. The van der Waals surface area contributed by atoms with E-state index in [4.69, 9.17) is 4.74 Å². The zero-order valence-electron chi connectivity index (χ0n) is 9.90. The number of pyridine rings is 1. The Balaban J connectivity index is 1.73. The highest BCUT2D eigenvalue weighted by molar-refractivity contribution is 5.73. The Bertz CT molecular complexity index is 391. The van der Waals surface area contributed by atoms with Gasteiger partial charge in [-0.15, -0.1) is 0 Å². The highest BCUT2D eigenvalue weighted by Crippen LogP contribution is 2.27. The first-order valence-corrected chi connectivity index (χ1v) is 5.78. The van der Waals surface area contributed by atoms with Gasteiger partial charge in [0.1, 0.15) is 0 Å².